The van der Waals surface area contributed by atoms with Crippen LogP contribution in [-0.2, 0) is 0 Å². The first-order valence-electron chi connectivity index (χ1n) is 8.28. The Morgan fingerprint density at radius 3 is 1.85 bits per heavy atom. The predicted molar refractivity (Wildman–Crippen MR) is 101 cm³/mol. The highest BCUT2D eigenvalue weighted by molar-refractivity contribution is 5.66. The second kappa shape index (κ2) is 7.11. The average Bonchev–Trinajstić information content (AvgIpc) is 2.72. The molecule has 0 aliphatic carbocycles. The van der Waals surface area contributed by atoms with Gasteiger partial charge in [0.25, 0.3) is 0 Å². The summed E-state index contributed by atoms with van der Waals surface area (Å²) >= 11 is 0. The van der Waals surface area contributed by atoms with Crippen LogP contribution in [0, 0.1) is 0 Å². The first kappa shape index (κ1) is 15.9. The molecule has 0 spiro atoms. The maximum atomic E-state index is 6.28. The Kier molecular flexibility index (Phi) is 4.35. The minimum Gasteiger partial charge on any atom is -0.383 e. The maximum absolute atomic E-state index is 6.28. The minimum atomic E-state index is -0.0958. The monoisotopic (exact) mass is 339 g/mol. The molecule has 0 saturated carbocycles. The van der Waals surface area contributed by atoms with Crippen molar-refractivity contribution in [1.29, 1.82) is 0 Å². The standard InChI is InChI=1S/C21H17N5/c22-21-19(10-18(14-26-21)15-4-1-7-23-11-15)20(16-5-2-8-24-12-16)17-6-3-9-25-13-17/h1-14,20H,(H2,22,26). The Bertz CT molecular complexity index is 949. The Balaban J connectivity index is 1.89. The molecular weight excluding hydrogens is 322 g/mol. The zero-order valence-electron chi connectivity index (χ0n) is 14.0. The van der Waals surface area contributed by atoms with Gasteiger partial charge in [0.05, 0.1) is 0 Å². The van der Waals surface area contributed by atoms with Gasteiger partial charge in [0.15, 0.2) is 0 Å². The van der Waals surface area contributed by atoms with E-state index in [9.17, 15) is 0 Å². The van der Waals surface area contributed by atoms with Gasteiger partial charge in [0.1, 0.15) is 5.82 Å². The molecule has 5 heteroatoms. The first-order valence-corrected chi connectivity index (χ1v) is 8.28. The third-order valence-electron chi connectivity index (χ3n) is 4.29. The summed E-state index contributed by atoms with van der Waals surface area (Å²) in [6.45, 7) is 0. The van der Waals surface area contributed by atoms with E-state index < -0.39 is 0 Å². The fourth-order valence-corrected chi connectivity index (χ4v) is 3.06. The summed E-state index contributed by atoms with van der Waals surface area (Å²) in [6, 6.07) is 13.9. The lowest BCUT2D eigenvalue weighted by atomic mass is 9.86. The van der Waals surface area contributed by atoms with Crippen LogP contribution in [0.15, 0.2) is 85.8 Å². The molecule has 0 aliphatic rings. The number of nitrogens with two attached hydrogens (primary N) is 1. The van der Waals surface area contributed by atoms with Crippen LogP contribution < -0.4 is 5.73 Å². The van der Waals surface area contributed by atoms with E-state index >= 15 is 0 Å². The molecule has 4 rings (SSSR count). The summed E-state index contributed by atoms with van der Waals surface area (Å²) in [5.74, 6) is 0.400. The SMILES string of the molecule is Nc1ncc(-c2cccnc2)cc1C(c1cccnc1)c1cccnc1. The van der Waals surface area contributed by atoms with Crippen LogP contribution in [0.3, 0.4) is 0 Å². The Labute approximate surface area is 151 Å². The zero-order chi connectivity index (χ0) is 17.8. The highest BCUT2D eigenvalue weighted by atomic mass is 14.8. The fraction of sp³-hybridized carbons (Fsp3) is 0.0476. The van der Waals surface area contributed by atoms with E-state index in [1.165, 1.54) is 0 Å². The highest BCUT2D eigenvalue weighted by Gasteiger charge is 2.21. The van der Waals surface area contributed by atoms with Crippen molar-refractivity contribution < 1.29 is 0 Å². The van der Waals surface area contributed by atoms with Gasteiger partial charge in [-0.25, -0.2) is 4.98 Å². The third kappa shape index (κ3) is 3.15. The van der Waals surface area contributed by atoms with Gasteiger partial charge >= 0.3 is 0 Å². The number of nitrogens with zero attached hydrogens (tertiary/aromatic N) is 4. The third-order valence-corrected chi connectivity index (χ3v) is 4.29. The van der Waals surface area contributed by atoms with Crippen molar-refractivity contribution in [3.63, 3.8) is 0 Å². The number of anilines is 1. The van der Waals surface area contributed by atoms with Gasteiger partial charge in [-0.05, 0) is 35.4 Å². The number of pyridine rings is 4. The van der Waals surface area contributed by atoms with Crippen molar-refractivity contribution in [2.24, 2.45) is 0 Å². The largest absolute Gasteiger partial charge is 0.383 e. The second-order valence-corrected chi connectivity index (χ2v) is 5.95. The van der Waals surface area contributed by atoms with Crippen LogP contribution in [0.5, 0.6) is 0 Å². The molecule has 0 radical (unpaired) electrons. The summed E-state index contributed by atoms with van der Waals surface area (Å²) in [5, 5.41) is 0. The Hall–Kier alpha value is -3.60. The van der Waals surface area contributed by atoms with Gasteiger partial charge in [-0.1, -0.05) is 18.2 Å². The van der Waals surface area contributed by atoms with Crippen molar-refractivity contribution in [1.82, 2.24) is 19.9 Å². The van der Waals surface area contributed by atoms with E-state index in [0.717, 1.165) is 27.8 Å². The topological polar surface area (TPSA) is 77.6 Å². The van der Waals surface area contributed by atoms with Crippen molar-refractivity contribution in [3.8, 4) is 11.1 Å². The van der Waals surface area contributed by atoms with Gasteiger partial charge in [0, 0.05) is 66.0 Å². The summed E-state index contributed by atoms with van der Waals surface area (Å²) in [6.07, 6.45) is 12.6. The van der Waals surface area contributed by atoms with E-state index in [-0.39, 0.29) is 5.92 Å². The maximum Gasteiger partial charge on any atom is 0.127 e. The van der Waals surface area contributed by atoms with Crippen molar-refractivity contribution >= 4 is 5.82 Å². The molecule has 4 aromatic rings. The fourth-order valence-electron chi connectivity index (χ4n) is 3.06. The Morgan fingerprint density at radius 1 is 0.692 bits per heavy atom. The summed E-state index contributed by atoms with van der Waals surface area (Å²) in [7, 11) is 0. The van der Waals surface area contributed by atoms with E-state index in [1.807, 2.05) is 55.0 Å². The second-order valence-electron chi connectivity index (χ2n) is 5.95. The average molecular weight is 339 g/mol. The molecule has 0 aromatic carbocycles. The van der Waals surface area contributed by atoms with Crippen LogP contribution in [0.4, 0.5) is 5.82 Å². The summed E-state index contributed by atoms with van der Waals surface area (Å²) in [4.78, 5) is 17.2. The number of aromatic nitrogens is 4. The molecule has 4 aromatic heterocycles. The molecule has 26 heavy (non-hydrogen) atoms. The smallest absolute Gasteiger partial charge is 0.127 e. The van der Waals surface area contributed by atoms with Gasteiger partial charge in [0.2, 0.25) is 0 Å². The van der Waals surface area contributed by atoms with Crippen molar-refractivity contribution in [2.75, 3.05) is 5.73 Å². The molecule has 0 amide bonds. The molecule has 126 valence electrons. The van der Waals surface area contributed by atoms with E-state index in [2.05, 4.69) is 26.0 Å². The van der Waals surface area contributed by atoms with E-state index in [0.29, 0.717) is 5.82 Å². The van der Waals surface area contributed by atoms with Crippen LogP contribution in [0.1, 0.15) is 22.6 Å². The van der Waals surface area contributed by atoms with Crippen LogP contribution >= 0.6 is 0 Å². The van der Waals surface area contributed by atoms with Crippen molar-refractivity contribution in [3.05, 3.63) is 103 Å². The molecule has 5 nitrogen and oxygen atoms in total. The lowest BCUT2D eigenvalue weighted by Gasteiger charge is -2.20. The predicted octanol–water partition coefficient (Wildman–Crippen LogP) is 3.70. The van der Waals surface area contributed by atoms with Crippen molar-refractivity contribution in [2.45, 2.75) is 5.92 Å². The van der Waals surface area contributed by atoms with Crippen LogP contribution in [0.2, 0.25) is 0 Å². The molecule has 0 aliphatic heterocycles. The normalized spacial score (nSPS) is 10.8. The molecule has 0 fully saturated rings. The minimum absolute atomic E-state index is 0.0958. The lowest BCUT2D eigenvalue weighted by molar-refractivity contribution is 0.945. The lowest BCUT2D eigenvalue weighted by Crippen LogP contribution is -2.09. The van der Waals surface area contributed by atoms with Gasteiger partial charge in [-0.3, -0.25) is 15.0 Å². The molecule has 0 atom stereocenters. The number of nitrogen functional groups attached to an aromatic ring is 1. The highest BCUT2D eigenvalue weighted by Crippen LogP contribution is 2.35. The summed E-state index contributed by atoms with van der Waals surface area (Å²) < 4.78 is 0. The Morgan fingerprint density at radius 2 is 1.31 bits per heavy atom. The van der Waals surface area contributed by atoms with Gasteiger partial charge in [-0.15, -0.1) is 0 Å². The quantitative estimate of drug-likeness (QED) is 0.613. The number of hydrogen-bond donors (Lipinski definition) is 1. The van der Waals surface area contributed by atoms with E-state index in [1.54, 1.807) is 24.8 Å². The molecule has 2 N–H and O–H groups in total. The van der Waals surface area contributed by atoms with Crippen LogP contribution in [0.25, 0.3) is 11.1 Å². The zero-order valence-corrected chi connectivity index (χ0v) is 14.0. The van der Waals surface area contributed by atoms with E-state index in [4.69, 9.17) is 5.73 Å². The van der Waals surface area contributed by atoms with Gasteiger partial charge < -0.3 is 5.73 Å². The molecule has 0 bridgehead atoms. The molecule has 0 saturated heterocycles. The van der Waals surface area contributed by atoms with Gasteiger partial charge in [-0.2, -0.15) is 0 Å². The number of rotatable bonds is 4. The first-order chi connectivity index (χ1) is 12.8. The number of hydrogen-bond acceptors (Lipinski definition) is 5. The molecule has 0 unspecified atom stereocenters. The molecule has 4 heterocycles. The summed E-state index contributed by atoms with van der Waals surface area (Å²) in [5.41, 5.74) is 11.2. The van der Waals surface area contributed by atoms with Crippen LogP contribution in [-0.4, -0.2) is 19.9 Å². The molecular formula is C21H17N5.